The normalized spacial score (nSPS) is 14.1. The summed E-state index contributed by atoms with van der Waals surface area (Å²) in [5.74, 6) is -0.777. The van der Waals surface area contributed by atoms with E-state index in [2.05, 4.69) is 0 Å². The van der Waals surface area contributed by atoms with Crippen LogP contribution in [0.25, 0.3) is 5.57 Å². The zero-order chi connectivity index (χ0) is 21.4. The molecule has 0 saturated carbocycles. The van der Waals surface area contributed by atoms with Crippen LogP contribution in [0.5, 0.6) is 0 Å². The maximum atomic E-state index is 13.5. The fraction of sp³-hybridized carbons (Fsp3) is 0.0833. The number of hydrogen-bond donors (Lipinski definition) is 0. The van der Waals surface area contributed by atoms with Gasteiger partial charge >= 0.3 is 0 Å². The van der Waals surface area contributed by atoms with Crippen LogP contribution in [0.1, 0.15) is 16.7 Å². The second kappa shape index (κ2) is 8.31. The highest BCUT2D eigenvalue weighted by atomic mass is 35.5. The van der Waals surface area contributed by atoms with Crippen molar-refractivity contribution >= 4 is 58.0 Å². The molecule has 1 aliphatic rings. The molecular formula is C24H17Cl2NO2S. The van der Waals surface area contributed by atoms with Crippen LogP contribution in [0.4, 0.5) is 5.69 Å². The maximum absolute atomic E-state index is 13.5. The van der Waals surface area contributed by atoms with Crippen molar-refractivity contribution in [2.24, 2.45) is 0 Å². The molecule has 0 bridgehead atoms. The number of amides is 2. The molecule has 0 unspecified atom stereocenters. The van der Waals surface area contributed by atoms with E-state index in [9.17, 15) is 9.59 Å². The van der Waals surface area contributed by atoms with Crippen molar-refractivity contribution < 1.29 is 9.59 Å². The molecule has 2 amide bonds. The highest BCUT2D eigenvalue weighted by Gasteiger charge is 2.40. The van der Waals surface area contributed by atoms with E-state index in [0.717, 1.165) is 20.9 Å². The number of carbonyl (C=O) groups is 2. The van der Waals surface area contributed by atoms with Crippen LogP contribution in [0.15, 0.2) is 76.5 Å². The van der Waals surface area contributed by atoms with Gasteiger partial charge in [0.05, 0.1) is 16.2 Å². The fourth-order valence-electron chi connectivity index (χ4n) is 3.27. The van der Waals surface area contributed by atoms with Gasteiger partial charge in [0.15, 0.2) is 0 Å². The summed E-state index contributed by atoms with van der Waals surface area (Å²) in [6, 6.07) is 20.0. The van der Waals surface area contributed by atoms with E-state index >= 15 is 0 Å². The Morgan fingerprint density at radius 1 is 0.767 bits per heavy atom. The molecule has 0 atom stereocenters. The summed E-state index contributed by atoms with van der Waals surface area (Å²) in [5.41, 5.74) is 3.62. The lowest BCUT2D eigenvalue weighted by Crippen LogP contribution is -2.31. The summed E-state index contributed by atoms with van der Waals surface area (Å²) in [4.78, 5) is 29.3. The van der Waals surface area contributed by atoms with Gasteiger partial charge in [-0.2, -0.15) is 0 Å². The SMILES string of the molecule is Cc1ccc(C2=C(Sc3ccccc3)C(=O)N(c3cc(Cl)cc(Cl)c3)C2=O)cc1C. The van der Waals surface area contributed by atoms with Crippen molar-refractivity contribution in [1.29, 1.82) is 0 Å². The van der Waals surface area contributed by atoms with Gasteiger partial charge in [0.25, 0.3) is 11.8 Å². The third-order valence-corrected chi connectivity index (χ3v) is 6.43. The van der Waals surface area contributed by atoms with Crippen LogP contribution in [0, 0.1) is 13.8 Å². The van der Waals surface area contributed by atoms with E-state index in [1.54, 1.807) is 18.2 Å². The summed E-state index contributed by atoms with van der Waals surface area (Å²) in [6.45, 7) is 3.99. The van der Waals surface area contributed by atoms with E-state index in [4.69, 9.17) is 23.2 Å². The largest absolute Gasteiger partial charge is 0.272 e. The second-order valence-corrected chi connectivity index (χ2v) is 8.95. The van der Waals surface area contributed by atoms with Crippen LogP contribution in [-0.2, 0) is 9.59 Å². The molecule has 4 rings (SSSR count). The molecule has 1 aliphatic heterocycles. The highest BCUT2D eigenvalue weighted by molar-refractivity contribution is 8.04. The van der Waals surface area contributed by atoms with Crippen molar-refractivity contribution in [3.8, 4) is 0 Å². The number of hydrogen-bond acceptors (Lipinski definition) is 3. The molecular weight excluding hydrogens is 437 g/mol. The van der Waals surface area contributed by atoms with Crippen molar-refractivity contribution in [2.45, 2.75) is 18.7 Å². The molecule has 1 heterocycles. The Morgan fingerprint density at radius 3 is 2.07 bits per heavy atom. The first-order chi connectivity index (χ1) is 14.3. The quantitative estimate of drug-likeness (QED) is 0.413. The highest BCUT2D eigenvalue weighted by Crippen LogP contribution is 2.42. The average molecular weight is 454 g/mol. The molecule has 0 aromatic heterocycles. The van der Waals surface area contributed by atoms with Gasteiger partial charge in [-0.1, -0.05) is 71.4 Å². The third kappa shape index (κ3) is 3.91. The zero-order valence-corrected chi connectivity index (χ0v) is 18.6. The molecule has 0 aliphatic carbocycles. The van der Waals surface area contributed by atoms with E-state index in [-0.39, 0.29) is 11.8 Å². The van der Waals surface area contributed by atoms with Gasteiger partial charge in [-0.15, -0.1) is 0 Å². The van der Waals surface area contributed by atoms with E-state index < -0.39 is 0 Å². The van der Waals surface area contributed by atoms with Crippen molar-refractivity contribution in [3.05, 3.63) is 98.4 Å². The molecule has 3 nitrogen and oxygen atoms in total. The molecule has 0 radical (unpaired) electrons. The number of anilines is 1. The predicted molar refractivity (Wildman–Crippen MR) is 124 cm³/mol. The van der Waals surface area contributed by atoms with E-state index in [0.29, 0.717) is 31.8 Å². The summed E-state index contributed by atoms with van der Waals surface area (Å²) in [7, 11) is 0. The van der Waals surface area contributed by atoms with Gasteiger partial charge in [0, 0.05) is 14.9 Å². The minimum absolute atomic E-state index is 0.354. The number of nitrogens with zero attached hydrogens (tertiary/aromatic N) is 1. The molecule has 150 valence electrons. The van der Waals surface area contributed by atoms with Gasteiger partial charge in [0.2, 0.25) is 0 Å². The van der Waals surface area contributed by atoms with Gasteiger partial charge in [-0.3, -0.25) is 9.59 Å². The first-order valence-corrected chi connectivity index (χ1v) is 10.8. The molecule has 0 saturated heterocycles. The number of carbonyl (C=O) groups excluding carboxylic acids is 2. The van der Waals surface area contributed by atoms with E-state index in [1.165, 1.54) is 11.8 Å². The van der Waals surface area contributed by atoms with Gasteiger partial charge in [0.1, 0.15) is 0 Å². The Hall–Kier alpha value is -2.53. The summed E-state index contributed by atoms with van der Waals surface area (Å²) in [6.07, 6.45) is 0. The molecule has 3 aromatic rings. The Morgan fingerprint density at radius 2 is 1.43 bits per heavy atom. The number of thioether (sulfide) groups is 1. The number of aryl methyl sites for hydroxylation is 2. The van der Waals surface area contributed by atoms with Crippen LogP contribution < -0.4 is 4.90 Å². The first-order valence-electron chi connectivity index (χ1n) is 9.25. The van der Waals surface area contributed by atoms with Crippen LogP contribution in [0.3, 0.4) is 0 Å². The van der Waals surface area contributed by atoms with Crippen LogP contribution >= 0.6 is 35.0 Å². The van der Waals surface area contributed by atoms with Crippen molar-refractivity contribution in [3.63, 3.8) is 0 Å². The Kier molecular flexibility index (Phi) is 5.74. The molecule has 0 spiro atoms. The number of imide groups is 1. The lowest BCUT2D eigenvalue weighted by Gasteiger charge is -2.16. The topological polar surface area (TPSA) is 37.4 Å². The molecule has 0 N–H and O–H groups in total. The Balaban J connectivity index is 1.86. The Bertz CT molecular complexity index is 1180. The van der Waals surface area contributed by atoms with Crippen LogP contribution in [0.2, 0.25) is 10.0 Å². The van der Waals surface area contributed by atoms with Crippen LogP contribution in [-0.4, -0.2) is 11.8 Å². The first kappa shape index (κ1) is 20.7. The van der Waals surface area contributed by atoms with E-state index in [1.807, 2.05) is 62.4 Å². The number of rotatable bonds is 4. The summed E-state index contributed by atoms with van der Waals surface area (Å²) in [5, 5.41) is 0.713. The van der Waals surface area contributed by atoms with Crippen molar-refractivity contribution in [2.75, 3.05) is 4.90 Å². The monoisotopic (exact) mass is 453 g/mol. The Labute approximate surface area is 189 Å². The number of halogens is 2. The molecule has 30 heavy (non-hydrogen) atoms. The third-order valence-electron chi connectivity index (χ3n) is 4.91. The fourth-order valence-corrected chi connectivity index (χ4v) is 4.79. The summed E-state index contributed by atoms with van der Waals surface area (Å²) < 4.78 is 0. The lowest BCUT2D eigenvalue weighted by atomic mass is 10.0. The standard InChI is InChI=1S/C24H17Cl2NO2S/c1-14-8-9-16(10-15(14)2)21-22(30-20-6-4-3-5-7-20)24(29)27(23(21)28)19-12-17(25)11-18(26)13-19/h3-13H,1-2H3. The minimum atomic E-state index is -0.389. The van der Waals surface area contributed by atoms with Gasteiger partial charge < -0.3 is 0 Å². The zero-order valence-electron chi connectivity index (χ0n) is 16.3. The minimum Gasteiger partial charge on any atom is -0.268 e. The summed E-state index contributed by atoms with van der Waals surface area (Å²) >= 11 is 13.5. The second-order valence-electron chi connectivity index (χ2n) is 6.99. The predicted octanol–water partition coefficient (Wildman–Crippen LogP) is 6.69. The van der Waals surface area contributed by atoms with Crippen molar-refractivity contribution in [1.82, 2.24) is 0 Å². The van der Waals surface area contributed by atoms with Gasteiger partial charge in [-0.25, -0.2) is 4.90 Å². The number of benzene rings is 3. The lowest BCUT2D eigenvalue weighted by molar-refractivity contribution is -0.119. The maximum Gasteiger partial charge on any atom is 0.272 e. The average Bonchev–Trinajstić information content (AvgIpc) is 2.94. The molecule has 6 heteroatoms. The van der Waals surface area contributed by atoms with Gasteiger partial charge in [-0.05, 0) is 60.9 Å². The smallest absolute Gasteiger partial charge is 0.268 e. The molecule has 0 fully saturated rings. The molecule has 3 aromatic carbocycles.